The molecule has 0 spiro atoms. The summed E-state index contributed by atoms with van der Waals surface area (Å²) in [5.41, 5.74) is 3.36. The highest BCUT2D eigenvalue weighted by Gasteiger charge is 2.32. The summed E-state index contributed by atoms with van der Waals surface area (Å²) >= 11 is 6.16. The lowest BCUT2D eigenvalue weighted by Crippen LogP contribution is -2.30. The summed E-state index contributed by atoms with van der Waals surface area (Å²) in [4.78, 5) is 40.9. The van der Waals surface area contributed by atoms with Gasteiger partial charge in [-0.05, 0) is 57.4 Å². The van der Waals surface area contributed by atoms with Crippen molar-refractivity contribution in [3.63, 3.8) is 0 Å². The fourth-order valence-electron chi connectivity index (χ4n) is 3.55. The fourth-order valence-corrected chi connectivity index (χ4v) is 3.72. The van der Waals surface area contributed by atoms with E-state index in [1.807, 2.05) is 55.4 Å². The van der Waals surface area contributed by atoms with Crippen LogP contribution in [0, 0.1) is 0 Å². The van der Waals surface area contributed by atoms with Crippen LogP contribution in [0.15, 0.2) is 48.6 Å². The Labute approximate surface area is 189 Å². The highest BCUT2D eigenvalue weighted by Crippen LogP contribution is 2.40. The number of anilines is 1. The second-order valence-corrected chi connectivity index (χ2v) is 7.88. The number of hydrogen-bond acceptors (Lipinski definition) is 5. The van der Waals surface area contributed by atoms with Crippen molar-refractivity contribution in [1.29, 1.82) is 0 Å². The fraction of sp³-hybridized carbons (Fsp3) is 0.217. The maximum absolute atomic E-state index is 13.1. The van der Waals surface area contributed by atoms with Gasteiger partial charge in [-0.3, -0.25) is 4.79 Å². The molecule has 2 heterocycles. The van der Waals surface area contributed by atoms with Crippen LogP contribution in [0.1, 0.15) is 16.8 Å². The first-order chi connectivity index (χ1) is 15.2. The SMILES string of the molecule is CN(C)CCCN1C(=O)c2c3cc(Cl)ccc3nc3cccc1c23.O=C(O)/C=C/C(=O)O. The van der Waals surface area contributed by atoms with Gasteiger partial charge in [-0.15, -0.1) is 0 Å². The normalized spacial score (nSPS) is 12.6. The van der Waals surface area contributed by atoms with Crippen LogP contribution in [0.5, 0.6) is 0 Å². The van der Waals surface area contributed by atoms with Crippen molar-refractivity contribution < 1.29 is 24.6 Å². The Morgan fingerprint density at radius 3 is 2.41 bits per heavy atom. The number of aliphatic carboxylic acids is 2. The predicted molar refractivity (Wildman–Crippen MR) is 124 cm³/mol. The number of carbonyl (C=O) groups excluding carboxylic acids is 1. The third-order valence-corrected chi connectivity index (χ3v) is 5.08. The number of benzene rings is 2. The van der Waals surface area contributed by atoms with Crippen LogP contribution in [0.3, 0.4) is 0 Å². The minimum Gasteiger partial charge on any atom is -0.478 e. The van der Waals surface area contributed by atoms with Crippen LogP contribution in [0.25, 0.3) is 21.8 Å². The summed E-state index contributed by atoms with van der Waals surface area (Å²) in [6, 6.07) is 11.5. The zero-order valence-corrected chi connectivity index (χ0v) is 18.3. The molecule has 1 aliphatic heterocycles. The Morgan fingerprint density at radius 2 is 1.78 bits per heavy atom. The van der Waals surface area contributed by atoms with Crippen molar-refractivity contribution in [2.75, 3.05) is 32.1 Å². The van der Waals surface area contributed by atoms with Crippen LogP contribution in [-0.4, -0.2) is 65.1 Å². The minimum atomic E-state index is -1.26. The third kappa shape index (κ3) is 5.04. The second-order valence-electron chi connectivity index (χ2n) is 7.44. The number of amides is 1. The molecule has 0 saturated heterocycles. The molecule has 2 aromatic carbocycles. The summed E-state index contributed by atoms with van der Waals surface area (Å²) in [5.74, 6) is -2.46. The number of carbonyl (C=O) groups is 3. The largest absolute Gasteiger partial charge is 0.478 e. The molecule has 166 valence electrons. The predicted octanol–water partition coefficient (Wildman–Crippen LogP) is 3.67. The number of pyridine rings is 1. The molecule has 3 aromatic rings. The molecule has 0 atom stereocenters. The quantitative estimate of drug-likeness (QED) is 0.431. The lowest BCUT2D eigenvalue weighted by molar-refractivity contribution is -0.134. The van der Waals surface area contributed by atoms with E-state index in [-0.39, 0.29) is 5.91 Å². The number of nitrogens with zero attached hydrogens (tertiary/aromatic N) is 3. The van der Waals surface area contributed by atoms with Crippen LogP contribution in [-0.2, 0) is 9.59 Å². The molecule has 1 aromatic heterocycles. The number of carboxylic acid groups (broad SMARTS) is 2. The molecule has 2 N–H and O–H groups in total. The molecule has 8 nitrogen and oxygen atoms in total. The van der Waals surface area contributed by atoms with Gasteiger partial charge < -0.3 is 20.0 Å². The molecule has 0 unspecified atom stereocenters. The average Bonchev–Trinajstić information content (AvgIpc) is 3.01. The van der Waals surface area contributed by atoms with Gasteiger partial charge in [0, 0.05) is 34.5 Å². The maximum atomic E-state index is 13.1. The number of carboxylic acids is 2. The summed E-state index contributed by atoms with van der Waals surface area (Å²) in [6.45, 7) is 1.65. The number of fused-ring (bicyclic) bond motifs is 2. The summed E-state index contributed by atoms with van der Waals surface area (Å²) in [7, 11) is 4.08. The smallest absolute Gasteiger partial charge is 0.328 e. The number of hydrogen-bond donors (Lipinski definition) is 2. The van der Waals surface area contributed by atoms with E-state index in [2.05, 4.69) is 4.90 Å². The Morgan fingerprint density at radius 1 is 1.09 bits per heavy atom. The van der Waals surface area contributed by atoms with E-state index >= 15 is 0 Å². The van der Waals surface area contributed by atoms with E-state index < -0.39 is 11.9 Å². The van der Waals surface area contributed by atoms with Gasteiger partial charge >= 0.3 is 11.9 Å². The Bertz CT molecular complexity index is 1220. The first-order valence-corrected chi connectivity index (χ1v) is 10.2. The first kappa shape index (κ1) is 23.2. The van der Waals surface area contributed by atoms with E-state index in [4.69, 9.17) is 26.8 Å². The van der Waals surface area contributed by atoms with E-state index in [0.29, 0.717) is 23.7 Å². The van der Waals surface area contributed by atoms with Crippen LogP contribution >= 0.6 is 11.6 Å². The van der Waals surface area contributed by atoms with Crippen molar-refractivity contribution in [1.82, 2.24) is 9.88 Å². The summed E-state index contributed by atoms with van der Waals surface area (Å²) in [6.07, 6.45) is 2.04. The molecule has 1 amide bonds. The van der Waals surface area contributed by atoms with Crippen LogP contribution in [0.2, 0.25) is 5.02 Å². The van der Waals surface area contributed by atoms with Crippen molar-refractivity contribution in [3.05, 3.63) is 59.1 Å². The molecule has 0 radical (unpaired) electrons. The highest BCUT2D eigenvalue weighted by molar-refractivity contribution is 6.33. The van der Waals surface area contributed by atoms with Gasteiger partial charge in [0.15, 0.2) is 0 Å². The standard InChI is InChI=1S/C19H18ClN3O.C4H4O4/c1-22(2)9-4-10-23-16-6-3-5-15-18(16)17(19(23)24)13-11-12(20)7-8-14(13)21-15;5-3(6)1-2-4(7)8/h3,5-8,11H,4,9-10H2,1-2H3;1-2H,(H,5,6)(H,7,8)/b;2-1+. The molecule has 0 bridgehead atoms. The van der Waals surface area contributed by atoms with Gasteiger partial charge in [-0.25, -0.2) is 14.6 Å². The average molecular weight is 456 g/mol. The van der Waals surface area contributed by atoms with Crippen LogP contribution in [0.4, 0.5) is 5.69 Å². The molecular formula is C23H22ClN3O5. The van der Waals surface area contributed by atoms with Crippen molar-refractivity contribution in [2.24, 2.45) is 0 Å². The van der Waals surface area contributed by atoms with Gasteiger partial charge in [-0.2, -0.15) is 0 Å². The van der Waals surface area contributed by atoms with Crippen molar-refractivity contribution >= 4 is 56.9 Å². The Kier molecular flexibility index (Phi) is 7.07. The van der Waals surface area contributed by atoms with E-state index in [1.54, 1.807) is 0 Å². The molecule has 0 fully saturated rings. The molecule has 1 aliphatic rings. The first-order valence-electron chi connectivity index (χ1n) is 9.81. The monoisotopic (exact) mass is 455 g/mol. The lowest BCUT2D eigenvalue weighted by atomic mass is 10.0. The zero-order valence-electron chi connectivity index (χ0n) is 17.6. The maximum Gasteiger partial charge on any atom is 0.328 e. The highest BCUT2D eigenvalue weighted by atomic mass is 35.5. The van der Waals surface area contributed by atoms with Gasteiger partial charge in [0.05, 0.1) is 22.3 Å². The molecule has 32 heavy (non-hydrogen) atoms. The van der Waals surface area contributed by atoms with Crippen molar-refractivity contribution in [3.8, 4) is 0 Å². The third-order valence-electron chi connectivity index (χ3n) is 4.84. The molecule has 0 aliphatic carbocycles. The van der Waals surface area contributed by atoms with Gasteiger partial charge in [0.1, 0.15) is 0 Å². The minimum absolute atomic E-state index is 0.0506. The number of halogens is 1. The number of aromatic nitrogens is 1. The van der Waals surface area contributed by atoms with Gasteiger partial charge in [0.25, 0.3) is 5.91 Å². The topological polar surface area (TPSA) is 111 Å². The second kappa shape index (κ2) is 9.76. The van der Waals surface area contributed by atoms with E-state index in [1.165, 1.54) is 0 Å². The molecule has 0 saturated carbocycles. The Balaban J connectivity index is 0.000000312. The molecule has 9 heteroatoms. The van der Waals surface area contributed by atoms with Gasteiger partial charge in [-0.1, -0.05) is 17.7 Å². The van der Waals surface area contributed by atoms with E-state index in [9.17, 15) is 14.4 Å². The van der Waals surface area contributed by atoms with Crippen molar-refractivity contribution in [2.45, 2.75) is 6.42 Å². The Hall–Kier alpha value is -3.49. The summed E-state index contributed by atoms with van der Waals surface area (Å²) in [5, 5.41) is 18.0. The van der Waals surface area contributed by atoms with Gasteiger partial charge in [0.2, 0.25) is 0 Å². The lowest BCUT2D eigenvalue weighted by Gasteiger charge is -2.19. The molecule has 4 rings (SSSR count). The molecular weight excluding hydrogens is 434 g/mol. The van der Waals surface area contributed by atoms with Crippen LogP contribution < -0.4 is 4.90 Å². The van der Waals surface area contributed by atoms with E-state index in [0.717, 1.165) is 46.0 Å². The zero-order chi connectivity index (χ0) is 23.4. The summed E-state index contributed by atoms with van der Waals surface area (Å²) < 4.78 is 0. The number of rotatable bonds is 6.